The van der Waals surface area contributed by atoms with Crippen LogP contribution in [0.25, 0.3) is 0 Å². The summed E-state index contributed by atoms with van der Waals surface area (Å²) in [5.74, 6) is 0.132. The van der Waals surface area contributed by atoms with Gasteiger partial charge in [0.15, 0.2) is 0 Å². The molecule has 2 aromatic rings. The number of ether oxygens (including phenoxy) is 1. The molecule has 0 aliphatic rings. The zero-order valence-electron chi connectivity index (χ0n) is 10.8. The standard InChI is InChI=1S/C14H15NO3S/c1-9-7-19-8-10(9)6-15-14(17)12-4-3-11(18-2)5-13(12)16/h3-5,7-8,16H,6H2,1-2H3,(H,15,17). The van der Waals surface area contributed by atoms with Gasteiger partial charge in [-0.25, -0.2) is 0 Å². The first-order valence-corrected chi connectivity index (χ1v) is 6.73. The number of benzene rings is 1. The average molecular weight is 277 g/mol. The van der Waals surface area contributed by atoms with Gasteiger partial charge in [-0.3, -0.25) is 4.79 Å². The molecule has 1 heterocycles. The summed E-state index contributed by atoms with van der Waals surface area (Å²) >= 11 is 1.60. The van der Waals surface area contributed by atoms with E-state index in [1.807, 2.05) is 17.7 Å². The maximum atomic E-state index is 12.0. The molecule has 19 heavy (non-hydrogen) atoms. The summed E-state index contributed by atoms with van der Waals surface area (Å²) in [5, 5.41) is 16.6. The second-order valence-electron chi connectivity index (χ2n) is 4.15. The van der Waals surface area contributed by atoms with E-state index in [0.29, 0.717) is 12.3 Å². The quantitative estimate of drug-likeness (QED) is 0.903. The van der Waals surface area contributed by atoms with Crippen LogP contribution in [0.1, 0.15) is 21.5 Å². The lowest BCUT2D eigenvalue weighted by molar-refractivity contribution is 0.0948. The zero-order valence-corrected chi connectivity index (χ0v) is 11.6. The Morgan fingerprint density at radius 3 is 2.79 bits per heavy atom. The van der Waals surface area contributed by atoms with Gasteiger partial charge in [0.25, 0.3) is 5.91 Å². The van der Waals surface area contributed by atoms with Gasteiger partial charge in [0, 0.05) is 12.6 Å². The van der Waals surface area contributed by atoms with Crippen LogP contribution in [0.5, 0.6) is 11.5 Å². The Balaban J connectivity index is 2.06. The van der Waals surface area contributed by atoms with Crippen LogP contribution in [-0.2, 0) is 6.54 Å². The lowest BCUT2D eigenvalue weighted by Crippen LogP contribution is -2.22. The average Bonchev–Trinajstić information content (AvgIpc) is 2.81. The number of thiophene rings is 1. The van der Waals surface area contributed by atoms with E-state index in [0.717, 1.165) is 11.1 Å². The van der Waals surface area contributed by atoms with Crippen LogP contribution in [0, 0.1) is 6.92 Å². The molecule has 0 atom stereocenters. The predicted molar refractivity (Wildman–Crippen MR) is 74.9 cm³/mol. The number of phenols is 1. The molecule has 2 N–H and O–H groups in total. The molecule has 0 bridgehead atoms. The van der Waals surface area contributed by atoms with Crippen molar-refractivity contribution in [2.75, 3.05) is 7.11 Å². The van der Waals surface area contributed by atoms with E-state index in [1.165, 1.54) is 13.2 Å². The first-order chi connectivity index (χ1) is 9.11. The number of hydrogen-bond acceptors (Lipinski definition) is 4. The summed E-state index contributed by atoms with van der Waals surface area (Å²) in [5.41, 5.74) is 2.49. The Morgan fingerprint density at radius 2 is 2.21 bits per heavy atom. The van der Waals surface area contributed by atoms with Crippen LogP contribution in [-0.4, -0.2) is 18.1 Å². The third kappa shape index (κ3) is 3.06. The summed E-state index contributed by atoms with van der Waals surface area (Å²) < 4.78 is 4.97. The molecule has 2 rings (SSSR count). The Morgan fingerprint density at radius 1 is 1.42 bits per heavy atom. The second kappa shape index (κ2) is 5.75. The number of rotatable bonds is 4. The van der Waals surface area contributed by atoms with Crippen LogP contribution in [0.3, 0.4) is 0 Å². The fourth-order valence-electron chi connectivity index (χ4n) is 1.67. The number of carbonyl (C=O) groups excluding carboxylic acids is 1. The van der Waals surface area contributed by atoms with Crippen LogP contribution in [0.15, 0.2) is 29.0 Å². The molecule has 1 amide bonds. The van der Waals surface area contributed by atoms with Gasteiger partial charge in [-0.1, -0.05) is 0 Å². The van der Waals surface area contributed by atoms with E-state index in [4.69, 9.17) is 4.74 Å². The largest absolute Gasteiger partial charge is 0.507 e. The van der Waals surface area contributed by atoms with Crippen molar-refractivity contribution in [2.45, 2.75) is 13.5 Å². The third-order valence-electron chi connectivity index (χ3n) is 2.85. The molecule has 1 aromatic heterocycles. The molecule has 0 aliphatic heterocycles. The number of carbonyl (C=O) groups is 1. The van der Waals surface area contributed by atoms with Crippen molar-refractivity contribution in [1.82, 2.24) is 5.32 Å². The number of amides is 1. The lowest BCUT2D eigenvalue weighted by atomic mass is 10.1. The summed E-state index contributed by atoms with van der Waals surface area (Å²) in [6, 6.07) is 4.61. The van der Waals surface area contributed by atoms with Crippen LogP contribution in [0.2, 0.25) is 0 Å². The Bertz CT molecular complexity index is 592. The molecule has 100 valence electrons. The highest BCUT2D eigenvalue weighted by atomic mass is 32.1. The van der Waals surface area contributed by atoms with E-state index in [1.54, 1.807) is 23.5 Å². The van der Waals surface area contributed by atoms with Gasteiger partial charge < -0.3 is 15.2 Å². The van der Waals surface area contributed by atoms with Gasteiger partial charge in [-0.05, 0) is 40.9 Å². The smallest absolute Gasteiger partial charge is 0.255 e. The van der Waals surface area contributed by atoms with Crippen molar-refractivity contribution in [2.24, 2.45) is 0 Å². The van der Waals surface area contributed by atoms with Crippen molar-refractivity contribution in [3.8, 4) is 11.5 Å². The fourth-order valence-corrected chi connectivity index (χ4v) is 2.53. The van der Waals surface area contributed by atoms with Crippen molar-refractivity contribution in [3.63, 3.8) is 0 Å². The minimum absolute atomic E-state index is 0.0844. The highest BCUT2D eigenvalue weighted by molar-refractivity contribution is 7.08. The lowest BCUT2D eigenvalue weighted by Gasteiger charge is -2.08. The maximum absolute atomic E-state index is 12.0. The van der Waals surface area contributed by atoms with Crippen molar-refractivity contribution >= 4 is 17.2 Å². The molecule has 0 saturated heterocycles. The van der Waals surface area contributed by atoms with Gasteiger partial charge in [-0.2, -0.15) is 11.3 Å². The Labute approximate surface area is 115 Å². The number of aromatic hydroxyl groups is 1. The van der Waals surface area contributed by atoms with Crippen molar-refractivity contribution in [1.29, 1.82) is 0 Å². The summed E-state index contributed by atoms with van der Waals surface area (Å²) in [6.45, 7) is 2.46. The number of aryl methyl sites for hydroxylation is 1. The van der Waals surface area contributed by atoms with Gasteiger partial charge in [-0.15, -0.1) is 0 Å². The van der Waals surface area contributed by atoms with E-state index in [-0.39, 0.29) is 17.2 Å². The van der Waals surface area contributed by atoms with Gasteiger partial charge >= 0.3 is 0 Å². The Kier molecular flexibility index (Phi) is 4.06. The van der Waals surface area contributed by atoms with Gasteiger partial charge in [0.2, 0.25) is 0 Å². The van der Waals surface area contributed by atoms with Crippen molar-refractivity contribution in [3.05, 3.63) is 45.6 Å². The molecule has 0 saturated carbocycles. The number of methoxy groups -OCH3 is 1. The molecule has 0 unspecified atom stereocenters. The topological polar surface area (TPSA) is 58.6 Å². The SMILES string of the molecule is COc1ccc(C(=O)NCc2cscc2C)c(O)c1. The Hall–Kier alpha value is -2.01. The molecule has 0 aliphatic carbocycles. The molecular weight excluding hydrogens is 262 g/mol. The summed E-state index contributed by atoms with van der Waals surface area (Å²) in [7, 11) is 1.51. The fraction of sp³-hybridized carbons (Fsp3) is 0.214. The molecule has 5 heteroatoms. The third-order valence-corrected chi connectivity index (χ3v) is 3.76. The van der Waals surface area contributed by atoms with E-state index >= 15 is 0 Å². The van der Waals surface area contributed by atoms with Gasteiger partial charge in [0.1, 0.15) is 11.5 Å². The molecule has 0 radical (unpaired) electrons. The first kappa shape index (κ1) is 13.4. The number of hydrogen-bond donors (Lipinski definition) is 2. The second-order valence-corrected chi connectivity index (χ2v) is 4.89. The zero-order chi connectivity index (χ0) is 13.8. The van der Waals surface area contributed by atoms with E-state index < -0.39 is 0 Å². The maximum Gasteiger partial charge on any atom is 0.255 e. The number of phenolic OH excluding ortho intramolecular Hbond substituents is 1. The monoisotopic (exact) mass is 277 g/mol. The van der Waals surface area contributed by atoms with Crippen LogP contribution >= 0.6 is 11.3 Å². The minimum atomic E-state index is -0.300. The normalized spacial score (nSPS) is 10.2. The summed E-state index contributed by atoms with van der Waals surface area (Å²) in [6.07, 6.45) is 0. The molecule has 1 aromatic carbocycles. The van der Waals surface area contributed by atoms with Crippen molar-refractivity contribution < 1.29 is 14.6 Å². The van der Waals surface area contributed by atoms with Crippen LogP contribution in [0.4, 0.5) is 0 Å². The predicted octanol–water partition coefficient (Wildman–Crippen LogP) is 2.70. The highest BCUT2D eigenvalue weighted by Crippen LogP contribution is 2.23. The number of nitrogens with one attached hydrogen (secondary N) is 1. The molecule has 0 spiro atoms. The van der Waals surface area contributed by atoms with E-state index in [2.05, 4.69) is 5.32 Å². The summed E-state index contributed by atoms with van der Waals surface area (Å²) in [4.78, 5) is 12.0. The van der Waals surface area contributed by atoms with Gasteiger partial charge in [0.05, 0.1) is 12.7 Å². The molecule has 0 fully saturated rings. The van der Waals surface area contributed by atoms with Crippen LogP contribution < -0.4 is 10.1 Å². The molecule has 4 nitrogen and oxygen atoms in total. The molecular formula is C14H15NO3S. The first-order valence-electron chi connectivity index (χ1n) is 5.78. The highest BCUT2D eigenvalue weighted by Gasteiger charge is 2.12. The van der Waals surface area contributed by atoms with E-state index in [9.17, 15) is 9.90 Å². The minimum Gasteiger partial charge on any atom is -0.507 e.